The molecule has 4 aromatic rings. The van der Waals surface area contributed by atoms with E-state index in [0.29, 0.717) is 48.4 Å². The quantitative estimate of drug-likeness (QED) is 0.233. The maximum atomic E-state index is 14.7. The molecule has 1 saturated heterocycles. The molecule has 3 aromatic carbocycles. The lowest BCUT2D eigenvalue weighted by Crippen LogP contribution is -2.53. The number of carbonyl (C=O) groups is 1. The summed E-state index contributed by atoms with van der Waals surface area (Å²) in [6.07, 6.45) is -2.97. The van der Waals surface area contributed by atoms with Gasteiger partial charge in [-0.25, -0.2) is 4.85 Å². The summed E-state index contributed by atoms with van der Waals surface area (Å²) in [5, 5.41) is 20.6. The molecule has 42 heavy (non-hydrogen) atoms. The van der Waals surface area contributed by atoms with E-state index in [1.54, 1.807) is 39.8 Å². The maximum absolute atomic E-state index is 14.7. The van der Waals surface area contributed by atoms with Crippen LogP contribution in [-0.4, -0.2) is 57.6 Å². The third kappa shape index (κ3) is 6.27. The summed E-state index contributed by atoms with van der Waals surface area (Å²) in [5.74, 6) is -0.358. The molecule has 1 fully saturated rings. The topological polar surface area (TPSA) is 79.3 Å². The Morgan fingerprint density at radius 2 is 1.69 bits per heavy atom. The second kappa shape index (κ2) is 11.9. The first-order valence-electron chi connectivity index (χ1n) is 13.6. The molecule has 0 spiro atoms. The summed E-state index contributed by atoms with van der Waals surface area (Å²) < 4.78 is 51.9. The number of rotatable bonds is 9. The van der Waals surface area contributed by atoms with Gasteiger partial charge in [-0.3, -0.25) is 9.69 Å². The zero-order valence-corrected chi connectivity index (χ0v) is 22.7. The number of aliphatic hydroxyl groups is 1. The smallest absolute Gasteiger partial charge is 0.422 e. The minimum Gasteiger partial charge on any atom is -0.490 e. The number of alkyl halides is 3. The number of β-amino-alcohol motifs (C(OH)–C–C–N with tert-alkyl or cyclic N) is 1. The number of benzene rings is 3. The Morgan fingerprint density at radius 1 is 1.00 bits per heavy atom. The molecule has 0 bridgehead atoms. The molecule has 1 atom stereocenters. The maximum Gasteiger partial charge on any atom is 0.422 e. The normalized spacial score (nSPS) is 16.2. The summed E-state index contributed by atoms with van der Waals surface area (Å²) in [5.41, 5.74) is -1.10. The molecule has 7 nitrogen and oxygen atoms in total. The highest BCUT2D eigenvalue weighted by Crippen LogP contribution is 2.44. The van der Waals surface area contributed by atoms with Gasteiger partial charge >= 0.3 is 12.1 Å². The number of carboxylic acids is 1. The Labute approximate surface area is 241 Å². The Balaban J connectivity index is 1.35. The molecule has 0 aliphatic carbocycles. The van der Waals surface area contributed by atoms with Gasteiger partial charge in [-0.2, -0.15) is 13.2 Å². The first-order valence-corrected chi connectivity index (χ1v) is 13.6. The van der Waals surface area contributed by atoms with Gasteiger partial charge in [-0.1, -0.05) is 54.6 Å². The summed E-state index contributed by atoms with van der Waals surface area (Å²) in [6, 6.07) is 20.5. The fourth-order valence-corrected chi connectivity index (χ4v) is 5.48. The van der Waals surface area contributed by atoms with Crippen LogP contribution in [0.2, 0.25) is 0 Å². The van der Waals surface area contributed by atoms with E-state index in [0.717, 1.165) is 5.56 Å². The first kappa shape index (κ1) is 29.2. The van der Waals surface area contributed by atoms with Crippen LogP contribution in [0.25, 0.3) is 15.7 Å². The number of carboxylic acid groups (broad SMARTS) is 1. The summed E-state index contributed by atoms with van der Waals surface area (Å²) >= 11 is 0. The first-order chi connectivity index (χ1) is 20.1. The van der Waals surface area contributed by atoms with E-state index in [2.05, 4.69) is 4.85 Å². The number of aliphatic carboxylic acids is 1. The number of piperidine rings is 1. The molecule has 1 aromatic heterocycles. The lowest BCUT2D eigenvalue weighted by molar-refractivity contribution is -0.272. The van der Waals surface area contributed by atoms with Crippen LogP contribution in [0.3, 0.4) is 0 Å². The second-order valence-corrected chi connectivity index (χ2v) is 10.6. The molecule has 0 radical (unpaired) electrons. The molecule has 5 rings (SSSR count). The number of fused-ring (bicyclic) bond motifs is 1. The van der Waals surface area contributed by atoms with Crippen LogP contribution in [0.4, 0.5) is 18.9 Å². The van der Waals surface area contributed by atoms with E-state index in [1.807, 2.05) is 30.3 Å². The van der Waals surface area contributed by atoms with Crippen molar-refractivity contribution in [2.45, 2.75) is 43.7 Å². The number of halogens is 3. The molecule has 0 amide bonds. The van der Waals surface area contributed by atoms with Crippen molar-refractivity contribution in [3.63, 3.8) is 0 Å². The average Bonchev–Trinajstić information content (AvgIpc) is 3.32. The van der Waals surface area contributed by atoms with E-state index < -0.39 is 24.3 Å². The fourth-order valence-electron chi connectivity index (χ4n) is 5.48. The van der Waals surface area contributed by atoms with Crippen LogP contribution in [-0.2, 0) is 23.4 Å². The van der Waals surface area contributed by atoms with Crippen molar-refractivity contribution < 1.29 is 32.9 Å². The number of hydrogen-bond acceptors (Lipinski definition) is 4. The van der Waals surface area contributed by atoms with Crippen LogP contribution in [0.1, 0.15) is 29.5 Å². The largest absolute Gasteiger partial charge is 0.490 e. The van der Waals surface area contributed by atoms with Gasteiger partial charge in [-0.15, -0.1) is 0 Å². The Hall–Kier alpha value is -4.33. The Kier molecular flexibility index (Phi) is 8.25. The molecule has 1 aliphatic rings. The van der Waals surface area contributed by atoms with Crippen LogP contribution >= 0.6 is 0 Å². The molecule has 1 aliphatic heterocycles. The van der Waals surface area contributed by atoms with Gasteiger partial charge in [0.1, 0.15) is 11.9 Å². The van der Waals surface area contributed by atoms with Gasteiger partial charge in [0.2, 0.25) is 5.60 Å². The third-order valence-electron chi connectivity index (χ3n) is 7.67. The Morgan fingerprint density at radius 3 is 2.31 bits per heavy atom. The standard InChI is InChI=1S/C32H30F3N3O4/c1-36-24-9-12-27-28(20-38(29(27)18-24)19-23-5-3-2-4-6-23)31(41,32(33,34)35)21-37-15-13-26(14-16-37)42-25-10-7-22(8-11-25)17-30(39)40/h2-12,18,20,26,41H,13-17,19,21H2,(H,39,40). The SMILES string of the molecule is [C-]#[N+]c1ccc2c(C(O)(CN3CCC(Oc4ccc(CC(=O)O)cc4)CC3)C(F)(F)F)cn(Cc3ccccc3)c2c1. The molecule has 2 N–H and O–H groups in total. The molecular formula is C32H30F3N3O4. The van der Waals surface area contributed by atoms with Crippen LogP contribution < -0.4 is 4.74 Å². The number of likely N-dealkylation sites (tertiary alicyclic amines) is 1. The zero-order valence-electron chi connectivity index (χ0n) is 22.7. The highest BCUT2D eigenvalue weighted by atomic mass is 19.4. The highest BCUT2D eigenvalue weighted by molar-refractivity contribution is 5.88. The van der Waals surface area contributed by atoms with E-state index in [9.17, 15) is 23.1 Å². The van der Waals surface area contributed by atoms with Crippen molar-refractivity contribution in [2.24, 2.45) is 0 Å². The lowest BCUT2D eigenvalue weighted by atomic mass is 9.91. The third-order valence-corrected chi connectivity index (χ3v) is 7.67. The average molecular weight is 578 g/mol. The monoisotopic (exact) mass is 577 g/mol. The number of ether oxygens (including phenoxy) is 1. The van der Waals surface area contributed by atoms with Gasteiger partial charge in [-0.05, 0) is 42.2 Å². The molecule has 10 heteroatoms. The number of hydrogen-bond donors (Lipinski definition) is 2. The van der Waals surface area contributed by atoms with Crippen molar-refractivity contribution in [1.29, 1.82) is 0 Å². The van der Waals surface area contributed by atoms with E-state index in [1.165, 1.54) is 18.3 Å². The lowest BCUT2D eigenvalue weighted by Gasteiger charge is -2.39. The van der Waals surface area contributed by atoms with Crippen LogP contribution in [0, 0.1) is 6.57 Å². The summed E-state index contributed by atoms with van der Waals surface area (Å²) in [6.45, 7) is 7.62. The van der Waals surface area contributed by atoms with E-state index in [4.69, 9.17) is 16.4 Å². The zero-order chi connectivity index (χ0) is 29.9. The minimum absolute atomic E-state index is 0.0908. The predicted molar refractivity (Wildman–Crippen MR) is 152 cm³/mol. The van der Waals surface area contributed by atoms with Crippen LogP contribution in [0.5, 0.6) is 5.75 Å². The molecule has 218 valence electrons. The van der Waals surface area contributed by atoms with Crippen LogP contribution in [0.15, 0.2) is 79.0 Å². The van der Waals surface area contributed by atoms with Gasteiger partial charge in [0.05, 0.1) is 13.0 Å². The van der Waals surface area contributed by atoms with Crippen molar-refractivity contribution in [3.05, 3.63) is 107 Å². The second-order valence-electron chi connectivity index (χ2n) is 10.6. The van der Waals surface area contributed by atoms with Gasteiger partial charge in [0, 0.05) is 48.8 Å². The molecule has 2 heterocycles. The minimum atomic E-state index is -4.96. The fraction of sp³-hybridized carbons (Fsp3) is 0.312. The summed E-state index contributed by atoms with van der Waals surface area (Å²) in [7, 11) is 0. The van der Waals surface area contributed by atoms with E-state index in [-0.39, 0.29) is 30.0 Å². The summed E-state index contributed by atoms with van der Waals surface area (Å²) in [4.78, 5) is 15.9. The van der Waals surface area contributed by atoms with Crippen molar-refractivity contribution in [1.82, 2.24) is 9.47 Å². The van der Waals surface area contributed by atoms with Crippen molar-refractivity contribution in [3.8, 4) is 5.75 Å². The molecule has 1 unspecified atom stereocenters. The predicted octanol–water partition coefficient (Wildman–Crippen LogP) is 6.16. The van der Waals surface area contributed by atoms with Crippen molar-refractivity contribution >= 4 is 22.6 Å². The van der Waals surface area contributed by atoms with Crippen molar-refractivity contribution in [2.75, 3.05) is 19.6 Å². The van der Waals surface area contributed by atoms with Gasteiger partial charge in [0.25, 0.3) is 0 Å². The number of aromatic nitrogens is 1. The molecule has 0 saturated carbocycles. The highest BCUT2D eigenvalue weighted by Gasteiger charge is 2.57. The number of nitrogens with zero attached hydrogens (tertiary/aromatic N) is 3. The molecular weight excluding hydrogens is 547 g/mol. The van der Waals surface area contributed by atoms with Gasteiger partial charge in [0.15, 0.2) is 5.69 Å². The Bertz CT molecular complexity index is 1590. The van der Waals surface area contributed by atoms with E-state index >= 15 is 0 Å². The van der Waals surface area contributed by atoms with Gasteiger partial charge < -0.3 is 19.5 Å².